The Labute approximate surface area is 311 Å². The van der Waals surface area contributed by atoms with Crippen LogP contribution in [0.25, 0.3) is 0 Å². The highest BCUT2D eigenvalue weighted by atomic mass is 16.5. The van der Waals surface area contributed by atoms with E-state index in [1.165, 1.54) is 9.80 Å². The summed E-state index contributed by atoms with van der Waals surface area (Å²) in [7, 11) is 3.13. The SMILES string of the molecule is CCCC(NC(=O)C1CC2CN1C(=O)CNC(=O)CC(C)/C=C\C/C=C(\C)OCCCO2)C(O)C(=O)NCC(=O)NC(C(=O)N(C)C)c1ccccc1. The van der Waals surface area contributed by atoms with E-state index in [1.54, 1.807) is 44.4 Å². The Morgan fingerprint density at radius 2 is 1.83 bits per heavy atom. The number of nitrogens with one attached hydrogen (secondary N) is 4. The largest absolute Gasteiger partial charge is 0.498 e. The molecule has 6 atom stereocenters. The molecular weight excluding hydrogens is 684 g/mol. The molecule has 5 N–H and O–H groups in total. The van der Waals surface area contributed by atoms with Crippen molar-refractivity contribution in [2.24, 2.45) is 5.92 Å². The molecule has 2 bridgehead atoms. The Hall–Kier alpha value is -4.76. The third kappa shape index (κ3) is 14.0. The van der Waals surface area contributed by atoms with Crippen LogP contribution in [-0.4, -0.2) is 122 Å². The molecule has 2 aliphatic heterocycles. The minimum atomic E-state index is -1.72. The molecule has 1 saturated heterocycles. The number of carbonyl (C=O) groups is 6. The average Bonchev–Trinajstić information content (AvgIpc) is 3.57. The van der Waals surface area contributed by atoms with Crippen LogP contribution in [0.1, 0.15) is 70.9 Å². The van der Waals surface area contributed by atoms with Crippen LogP contribution in [0.5, 0.6) is 0 Å². The Morgan fingerprint density at radius 3 is 2.53 bits per heavy atom. The zero-order valence-corrected chi connectivity index (χ0v) is 31.5. The number of hydrogen-bond acceptors (Lipinski definition) is 9. The molecular formula is C38H56N6O9. The van der Waals surface area contributed by atoms with Crippen molar-refractivity contribution >= 4 is 35.4 Å². The van der Waals surface area contributed by atoms with E-state index in [0.717, 1.165) is 5.76 Å². The van der Waals surface area contributed by atoms with Gasteiger partial charge in [0.25, 0.3) is 5.91 Å². The number of aliphatic hydroxyl groups excluding tert-OH is 1. The van der Waals surface area contributed by atoms with E-state index < -0.39 is 60.5 Å². The standard InChI is InChI=1S/C38H56N6O9/c1-6-13-29(35(48)37(50)40-22-32(46)42-34(38(51)43(4)5)27-16-8-7-9-17-27)41-36(49)30-21-28-24-44(30)33(47)23-39-31(45)20-25(2)14-10-11-15-26(3)52-18-12-19-53-28/h7-10,14-17,25,28-30,34-35,48H,6,11-13,18-24H2,1-5H3,(H,39,45)(H,40,50)(H,41,49)(H,42,46)/b14-10-,26-15+. The Morgan fingerprint density at radius 1 is 1.09 bits per heavy atom. The first-order chi connectivity index (χ1) is 25.3. The monoisotopic (exact) mass is 740 g/mol. The number of nitrogens with zero attached hydrogens (tertiary/aromatic N) is 2. The summed E-state index contributed by atoms with van der Waals surface area (Å²) in [6.45, 7) is 5.65. The molecule has 15 heteroatoms. The van der Waals surface area contributed by atoms with E-state index in [4.69, 9.17) is 9.47 Å². The number of fused-ring (bicyclic) bond motifs is 2. The summed E-state index contributed by atoms with van der Waals surface area (Å²) in [4.78, 5) is 81.2. The zero-order chi connectivity index (χ0) is 38.9. The van der Waals surface area contributed by atoms with Gasteiger partial charge in [-0.3, -0.25) is 28.8 Å². The molecule has 0 spiro atoms. The predicted molar refractivity (Wildman–Crippen MR) is 197 cm³/mol. The van der Waals surface area contributed by atoms with Crippen LogP contribution in [0.2, 0.25) is 0 Å². The molecule has 6 unspecified atom stereocenters. The highest BCUT2D eigenvalue weighted by Crippen LogP contribution is 2.22. The second-order valence-corrected chi connectivity index (χ2v) is 13.6. The Bertz CT molecular complexity index is 1470. The number of allylic oxidation sites excluding steroid dienone is 4. The molecule has 2 heterocycles. The summed E-state index contributed by atoms with van der Waals surface area (Å²) >= 11 is 0. The minimum Gasteiger partial charge on any atom is -0.498 e. The van der Waals surface area contributed by atoms with Crippen LogP contribution in [0.4, 0.5) is 0 Å². The van der Waals surface area contributed by atoms with Gasteiger partial charge in [0.15, 0.2) is 6.10 Å². The summed E-state index contributed by atoms with van der Waals surface area (Å²) < 4.78 is 11.8. The van der Waals surface area contributed by atoms with Gasteiger partial charge in [-0.25, -0.2) is 0 Å². The van der Waals surface area contributed by atoms with Crippen LogP contribution >= 0.6 is 0 Å². The summed E-state index contributed by atoms with van der Waals surface area (Å²) in [5, 5.41) is 21.5. The third-order valence-electron chi connectivity index (χ3n) is 8.93. The van der Waals surface area contributed by atoms with E-state index in [0.29, 0.717) is 38.0 Å². The number of amides is 6. The van der Waals surface area contributed by atoms with Crippen molar-refractivity contribution in [3.63, 3.8) is 0 Å². The van der Waals surface area contributed by atoms with E-state index in [-0.39, 0.29) is 50.1 Å². The van der Waals surface area contributed by atoms with Crippen LogP contribution in [0.3, 0.4) is 0 Å². The second kappa shape index (κ2) is 21.7. The number of likely N-dealkylation sites (N-methyl/N-ethyl adjacent to an activating group) is 1. The highest BCUT2D eigenvalue weighted by molar-refractivity contribution is 5.93. The number of rotatable bonds is 11. The van der Waals surface area contributed by atoms with Crippen molar-refractivity contribution in [1.29, 1.82) is 0 Å². The molecule has 1 aromatic carbocycles. The number of aliphatic hydroxyl groups is 1. The number of hydrogen-bond donors (Lipinski definition) is 5. The first-order valence-corrected chi connectivity index (χ1v) is 18.3. The molecule has 0 saturated carbocycles. The molecule has 0 radical (unpaired) electrons. The lowest BCUT2D eigenvalue weighted by molar-refractivity contribution is -0.140. The van der Waals surface area contributed by atoms with Crippen molar-refractivity contribution in [3.8, 4) is 0 Å². The van der Waals surface area contributed by atoms with Gasteiger partial charge in [-0.2, -0.15) is 0 Å². The molecule has 0 aliphatic carbocycles. The van der Waals surface area contributed by atoms with E-state index in [1.807, 2.05) is 39.0 Å². The maximum absolute atomic E-state index is 13.7. The number of ether oxygens (including phenoxy) is 2. The fourth-order valence-electron chi connectivity index (χ4n) is 6.05. The number of carbonyl (C=O) groups excluding carboxylic acids is 6. The molecule has 1 aromatic rings. The fraction of sp³-hybridized carbons (Fsp3) is 0.579. The van der Waals surface area contributed by atoms with Crippen molar-refractivity contribution in [3.05, 3.63) is 59.9 Å². The van der Waals surface area contributed by atoms with Gasteiger partial charge in [-0.15, -0.1) is 0 Å². The van der Waals surface area contributed by atoms with Gasteiger partial charge in [0.2, 0.25) is 29.5 Å². The first-order valence-electron chi connectivity index (χ1n) is 18.3. The molecule has 3 rings (SSSR count). The molecule has 2 aliphatic rings. The predicted octanol–water partition coefficient (Wildman–Crippen LogP) is 1.09. The van der Waals surface area contributed by atoms with Crippen LogP contribution in [-0.2, 0) is 38.2 Å². The smallest absolute Gasteiger partial charge is 0.251 e. The van der Waals surface area contributed by atoms with Crippen molar-refractivity contribution in [2.75, 3.05) is 46.9 Å². The quantitative estimate of drug-likeness (QED) is 0.207. The summed E-state index contributed by atoms with van der Waals surface area (Å²) in [5.41, 5.74) is 0.561. The number of benzene rings is 1. The van der Waals surface area contributed by atoms with Gasteiger partial charge in [-0.1, -0.05) is 62.8 Å². The lowest BCUT2D eigenvalue weighted by atomic mass is 10.0. The van der Waals surface area contributed by atoms with Gasteiger partial charge in [0, 0.05) is 39.9 Å². The van der Waals surface area contributed by atoms with Gasteiger partial charge in [0.1, 0.15) is 12.1 Å². The highest BCUT2D eigenvalue weighted by Gasteiger charge is 2.41. The molecule has 0 aromatic heterocycles. The van der Waals surface area contributed by atoms with Crippen molar-refractivity contribution in [2.45, 2.75) is 89.6 Å². The van der Waals surface area contributed by atoms with Crippen LogP contribution in [0.15, 0.2) is 54.3 Å². The van der Waals surface area contributed by atoms with E-state index in [9.17, 15) is 33.9 Å². The van der Waals surface area contributed by atoms with Gasteiger partial charge < -0.3 is 45.6 Å². The maximum Gasteiger partial charge on any atom is 0.251 e. The van der Waals surface area contributed by atoms with Gasteiger partial charge in [0.05, 0.1) is 44.2 Å². The first kappa shape index (κ1) is 42.7. The maximum atomic E-state index is 13.7. The lowest BCUT2D eigenvalue weighted by Gasteiger charge is -2.28. The fourth-order valence-corrected chi connectivity index (χ4v) is 6.05. The van der Waals surface area contributed by atoms with Crippen LogP contribution in [0, 0.1) is 5.92 Å². The average molecular weight is 741 g/mol. The lowest BCUT2D eigenvalue weighted by Crippen LogP contribution is -2.56. The second-order valence-electron chi connectivity index (χ2n) is 13.6. The van der Waals surface area contributed by atoms with E-state index >= 15 is 0 Å². The molecule has 15 nitrogen and oxygen atoms in total. The molecule has 292 valence electrons. The summed E-state index contributed by atoms with van der Waals surface area (Å²) in [5.74, 6) is -2.55. The van der Waals surface area contributed by atoms with Crippen molar-refractivity contribution in [1.82, 2.24) is 31.1 Å². The normalized spacial score (nSPS) is 23.5. The molecule has 6 amide bonds. The van der Waals surface area contributed by atoms with Crippen LogP contribution < -0.4 is 21.3 Å². The Kier molecular flexibility index (Phi) is 17.5. The van der Waals surface area contributed by atoms with Gasteiger partial charge in [-0.05, 0) is 37.3 Å². The zero-order valence-electron chi connectivity index (χ0n) is 31.5. The van der Waals surface area contributed by atoms with E-state index in [2.05, 4.69) is 21.3 Å². The summed E-state index contributed by atoms with van der Waals surface area (Å²) in [6, 6.07) is 5.65. The molecule has 53 heavy (non-hydrogen) atoms. The minimum absolute atomic E-state index is 0.0584. The Balaban J connectivity index is 1.66. The van der Waals surface area contributed by atoms with Gasteiger partial charge >= 0.3 is 0 Å². The topological polar surface area (TPSA) is 196 Å². The third-order valence-corrected chi connectivity index (χ3v) is 8.93. The van der Waals surface area contributed by atoms with Crippen molar-refractivity contribution < 1.29 is 43.3 Å². The summed E-state index contributed by atoms with van der Waals surface area (Å²) in [6.07, 6.45) is 5.98. The molecule has 1 fully saturated rings.